The zero-order valence-electron chi connectivity index (χ0n) is 31.9. The minimum absolute atomic E-state index is 0.0125. The standard InChI is InChI=1S/C41H54N4O6/c1-26(2)48-34-20-32(21-35(40(34)46-9)49-27(3)4)30-12-14-38(42-24-30)44-16-11-17-45(19-18-44)39-15-13-31(25-43-39)33-22-36(50-28(5)6)41(47-10)37(23-33)51-29(7)8/h12-15,20-29H,11,16-19H2,1-10H3. The highest BCUT2D eigenvalue weighted by molar-refractivity contribution is 5.72. The highest BCUT2D eigenvalue weighted by Gasteiger charge is 2.21. The van der Waals surface area contributed by atoms with Crippen LogP contribution < -0.4 is 38.2 Å². The van der Waals surface area contributed by atoms with Crippen molar-refractivity contribution in [3.05, 3.63) is 60.9 Å². The molecule has 0 amide bonds. The molecule has 10 nitrogen and oxygen atoms in total. The second kappa shape index (κ2) is 16.9. The number of hydrogen-bond acceptors (Lipinski definition) is 10. The highest BCUT2D eigenvalue weighted by Crippen LogP contribution is 2.44. The van der Waals surface area contributed by atoms with Crippen LogP contribution in [0, 0.1) is 0 Å². The Labute approximate surface area is 303 Å². The van der Waals surface area contributed by atoms with Crippen LogP contribution in [0.4, 0.5) is 11.6 Å². The number of methoxy groups -OCH3 is 2. The van der Waals surface area contributed by atoms with E-state index in [9.17, 15) is 0 Å². The van der Waals surface area contributed by atoms with Crippen molar-refractivity contribution in [3.63, 3.8) is 0 Å². The van der Waals surface area contributed by atoms with E-state index in [1.54, 1.807) is 14.2 Å². The predicted molar refractivity (Wildman–Crippen MR) is 205 cm³/mol. The third-order valence-electron chi connectivity index (χ3n) is 8.21. The van der Waals surface area contributed by atoms with Crippen molar-refractivity contribution >= 4 is 11.6 Å². The quantitative estimate of drug-likeness (QED) is 0.127. The average Bonchev–Trinajstić information content (AvgIpc) is 3.34. The van der Waals surface area contributed by atoms with Crippen molar-refractivity contribution in [1.29, 1.82) is 0 Å². The summed E-state index contributed by atoms with van der Waals surface area (Å²) in [7, 11) is 3.28. The SMILES string of the molecule is COc1c(OC(C)C)cc(-c2ccc(N3CCCN(c4ccc(-c5cc(OC(C)C)c(OC)c(OC(C)C)c5)cn4)CC3)nc2)cc1OC(C)C. The lowest BCUT2D eigenvalue weighted by atomic mass is 10.1. The zero-order chi connectivity index (χ0) is 36.7. The van der Waals surface area contributed by atoms with E-state index in [-0.39, 0.29) is 24.4 Å². The van der Waals surface area contributed by atoms with Gasteiger partial charge in [0, 0.05) is 49.7 Å². The van der Waals surface area contributed by atoms with Gasteiger partial charge in [0.1, 0.15) is 11.6 Å². The summed E-state index contributed by atoms with van der Waals surface area (Å²) in [6.07, 6.45) is 4.78. The van der Waals surface area contributed by atoms with Crippen LogP contribution in [-0.4, -0.2) is 74.8 Å². The number of anilines is 2. The van der Waals surface area contributed by atoms with Gasteiger partial charge >= 0.3 is 0 Å². The van der Waals surface area contributed by atoms with Crippen molar-refractivity contribution in [2.45, 2.75) is 86.2 Å². The van der Waals surface area contributed by atoms with Gasteiger partial charge < -0.3 is 38.2 Å². The van der Waals surface area contributed by atoms with E-state index in [2.05, 4.69) is 34.1 Å². The van der Waals surface area contributed by atoms with Crippen LogP contribution in [0.3, 0.4) is 0 Å². The normalized spacial score (nSPS) is 13.5. The molecule has 1 aliphatic heterocycles. The van der Waals surface area contributed by atoms with Gasteiger partial charge in [-0.1, -0.05) is 0 Å². The molecular formula is C41H54N4O6. The Kier molecular flexibility index (Phi) is 12.4. The summed E-state index contributed by atoms with van der Waals surface area (Å²) in [5.74, 6) is 5.70. The molecule has 0 unspecified atom stereocenters. The minimum Gasteiger partial charge on any atom is -0.490 e. The van der Waals surface area contributed by atoms with Gasteiger partial charge in [0.05, 0.1) is 38.6 Å². The topological polar surface area (TPSA) is 87.6 Å². The van der Waals surface area contributed by atoms with E-state index in [4.69, 9.17) is 38.4 Å². The van der Waals surface area contributed by atoms with E-state index < -0.39 is 0 Å². The molecule has 0 radical (unpaired) electrons. The predicted octanol–water partition coefficient (Wildman–Crippen LogP) is 8.69. The van der Waals surface area contributed by atoms with Gasteiger partial charge in [0.15, 0.2) is 23.0 Å². The van der Waals surface area contributed by atoms with Gasteiger partial charge in [0.2, 0.25) is 11.5 Å². The van der Waals surface area contributed by atoms with Crippen LogP contribution in [0.15, 0.2) is 60.9 Å². The maximum absolute atomic E-state index is 6.11. The van der Waals surface area contributed by atoms with Gasteiger partial charge in [-0.05, 0) is 121 Å². The number of pyridine rings is 2. The van der Waals surface area contributed by atoms with Crippen LogP contribution >= 0.6 is 0 Å². The molecular weight excluding hydrogens is 644 g/mol. The lowest BCUT2D eigenvalue weighted by molar-refractivity contribution is 0.208. The van der Waals surface area contributed by atoms with Crippen molar-refractivity contribution in [3.8, 4) is 56.8 Å². The summed E-state index contributed by atoms with van der Waals surface area (Å²) < 4.78 is 35.8. The van der Waals surface area contributed by atoms with Gasteiger partial charge in [-0.15, -0.1) is 0 Å². The molecule has 1 saturated heterocycles. The third-order valence-corrected chi connectivity index (χ3v) is 8.21. The monoisotopic (exact) mass is 698 g/mol. The fraction of sp³-hybridized carbons (Fsp3) is 0.463. The molecule has 0 aliphatic carbocycles. The Bertz CT molecular complexity index is 1530. The number of hydrogen-bond donors (Lipinski definition) is 0. The van der Waals surface area contributed by atoms with Crippen LogP contribution in [-0.2, 0) is 0 Å². The van der Waals surface area contributed by atoms with E-state index in [1.165, 1.54) is 0 Å². The number of rotatable bonds is 14. The number of aromatic nitrogens is 2. The number of nitrogens with zero attached hydrogens (tertiary/aromatic N) is 4. The van der Waals surface area contributed by atoms with Crippen molar-refractivity contribution in [2.24, 2.45) is 0 Å². The van der Waals surface area contributed by atoms with Crippen LogP contribution in [0.25, 0.3) is 22.3 Å². The van der Waals surface area contributed by atoms with E-state index in [1.807, 2.05) is 92.0 Å². The first-order chi connectivity index (χ1) is 24.4. The summed E-state index contributed by atoms with van der Waals surface area (Å²) in [4.78, 5) is 14.5. The molecule has 2 aromatic carbocycles. The van der Waals surface area contributed by atoms with Gasteiger partial charge in [0.25, 0.3) is 0 Å². The Morgan fingerprint density at radius 3 is 1.06 bits per heavy atom. The van der Waals surface area contributed by atoms with Gasteiger partial charge in [-0.25, -0.2) is 9.97 Å². The molecule has 5 rings (SSSR count). The summed E-state index contributed by atoms with van der Waals surface area (Å²) >= 11 is 0. The van der Waals surface area contributed by atoms with Crippen molar-refractivity contribution < 1.29 is 28.4 Å². The zero-order valence-corrected chi connectivity index (χ0v) is 31.9. The first-order valence-corrected chi connectivity index (χ1v) is 18.0. The van der Waals surface area contributed by atoms with Crippen LogP contribution in [0.1, 0.15) is 61.8 Å². The number of benzene rings is 2. The van der Waals surface area contributed by atoms with Crippen LogP contribution in [0.5, 0.6) is 34.5 Å². The first-order valence-electron chi connectivity index (χ1n) is 18.0. The highest BCUT2D eigenvalue weighted by atomic mass is 16.6. The van der Waals surface area contributed by atoms with Crippen molar-refractivity contribution in [2.75, 3.05) is 50.2 Å². The Morgan fingerprint density at radius 2 is 0.804 bits per heavy atom. The molecule has 0 saturated carbocycles. The maximum Gasteiger partial charge on any atom is 0.203 e. The summed E-state index contributed by atoms with van der Waals surface area (Å²) in [5.41, 5.74) is 3.87. The maximum atomic E-state index is 6.11. The largest absolute Gasteiger partial charge is 0.490 e. The molecule has 3 heterocycles. The second-order valence-corrected chi connectivity index (χ2v) is 13.8. The lowest BCUT2D eigenvalue weighted by Gasteiger charge is -2.24. The summed E-state index contributed by atoms with van der Waals surface area (Å²) in [5, 5.41) is 0. The smallest absolute Gasteiger partial charge is 0.203 e. The average molecular weight is 699 g/mol. The molecule has 0 N–H and O–H groups in total. The molecule has 274 valence electrons. The molecule has 10 heteroatoms. The number of ether oxygens (including phenoxy) is 6. The fourth-order valence-corrected chi connectivity index (χ4v) is 6.12. The van der Waals surface area contributed by atoms with E-state index >= 15 is 0 Å². The first kappa shape index (κ1) is 37.4. The van der Waals surface area contributed by atoms with Gasteiger partial charge in [-0.2, -0.15) is 0 Å². The molecule has 0 atom stereocenters. The minimum atomic E-state index is -0.0125. The van der Waals surface area contributed by atoms with E-state index in [0.717, 1.165) is 66.5 Å². The van der Waals surface area contributed by atoms with E-state index in [0.29, 0.717) is 34.5 Å². The molecule has 4 aromatic rings. The molecule has 2 aromatic heterocycles. The Hall–Kier alpha value is -4.86. The molecule has 0 spiro atoms. The lowest BCUT2D eigenvalue weighted by Crippen LogP contribution is -2.31. The van der Waals surface area contributed by atoms with Crippen molar-refractivity contribution in [1.82, 2.24) is 9.97 Å². The van der Waals surface area contributed by atoms with Gasteiger partial charge in [-0.3, -0.25) is 0 Å². The molecule has 0 bridgehead atoms. The molecule has 1 fully saturated rings. The Balaban J connectivity index is 1.30. The Morgan fingerprint density at radius 1 is 0.471 bits per heavy atom. The fourth-order valence-electron chi connectivity index (χ4n) is 6.12. The summed E-state index contributed by atoms with van der Waals surface area (Å²) in [6.45, 7) is 19.5. The van der Waals surface area contributed by atoms with Crippen LogP contribution in [0.2, 0.25) is 0 Å². The third kappa shape index (κ3) is 9.48. The second-order valence-electron chi connectivity index (χ2n) is 13.8. The summed E-state index contributed by atoms with van der Waals surface area (Å²) in [6, 6.07) is 16.4. The molecule has 51 heavy (non-hydrogen) atoms. The molecule has 1 aliphatic rings.